The number of fused-ring (bicyclic) bond motifs is 1. The van der Waals surface area contributed by atoms with Crippen molar-refractivity contribution in [2.75, 3.05) is 6.54 Å². The highest BCUT2D eigenvalue weighted by molar-refractivity contribution is 5.42. The Kier molecular flexibility index (Phi) is 4.09. The summed E-state index contributed by atoms with van der Waals surface area (Å²) < 4.78 is 5.50. The molecule has 108 valence electrons. The van der Waals surface area contributed by atoms with Gasteiger partial charge in [0.25, 0.3) is 0 Å². The summed E-state index contributed by atoms with van der Waals surface area (Å²) in [4.78, 5) is 10.6. The van der Waals surface area contributed by atoms with Gasteiger partial charge in [-0.25, -0.2) is 0 Å². The molecule has 1 aromatic carbocycles. The fourth-order valence-electron chi connectivity index (χ4n) is 2.64. The lowest BCUT2D eigenvalue weighted by atomic mass is 9.81. The number of ether oxygens (including phenoxy) is 1. The van der Waals surface area contributed by atoms with Crippen LogP contribution in [0, 0.1) is 23.0 Å². The van der Waals surface area contributed by atoms with Gasteiger partial charge in [-0.2, -0.15) is 0 Å². The lowest BCUT2D eigenvalue weighted by molar-refractivity contribution is -0.485. The molecule has 3 atom stereocenters. The quantitative estimate of drug-likeness (QED) is 0.523. The molecular formula is C15H19NO4. The van der Waals surface area contributed by atoms with Crippen LogP contribution in [0.2, 0.25) is 0 Å². The minimum Gasteiger partial charge on any atom is -0.464 e. The molecule has 0 saturated heterocycles. The number of benzene rings is 1. The number of allylic oxidation sites excluding steroid dienone is 1. The summed E-state index contributed by atoms with van der Waals surface area (Å²) in [6, 6.07) is 5.54. The van der Waals surface area contributed by atoms with Gasteiger partial charge in [0, 0.05) is 10.5 Å². The number of aliphatic hydroxyl groups excluding tert-OH is 1. The van der Waals surface area contributed by atoms with E-state index in [1.165, 1.54) is 0 Å². The van der Waals surface area contributed by atoms with Gasteiger partial charge in [-0.05, 0) is 26.8 Å². The molecule has 0 spiro atoms. The van der Waals surface area contributed by atoms with Gasteiger partial charge in [-0.1, -0.05) is 29.3 Å². The van der Waals surface area contributed by atoms with Gasteiger partial charge in [0.15, 0.2) is 0 Å². The van der Waals surface area contributed by atoms with Crippen LogP contribution in [0.15, 0.2) is 29.8 Å². The van der Waals surface area contributed by atoms with Crippen molar-refractivity contribution < 1.29 is 14.8 Å². The van der Waals surface area contributed by atoms with Crippen LogP contribution in [-0.4, -0.2) is 22.9 Å². The molecule has 5 heteroatoms. The van der Waals surface area contributed by atoms with E-state index in [1.807, 2.05) is 39.0 Å². The van der Waals surface area contributed by atoms with Crippen molar-refractivity contribution in [3.05, 3.63) is 51.1 Å². The predicted molar refractivity (Wildman–Crippen MR) is 75.3 cm³/mol. The van der Waals surface area contributed by atoms with Crippen molar-refractivity contribution in [3.63, 3.8) is 0 Å². The highest BCUT2D eigenvalue weighted by Crippen LogP contribution is 2.41. The molecule has 0 aromatic heterocycles. The van der Waals surface area contributed by atoms with Crippen LogP contribution in [0.1, 0.15) is 30.9 Å². The van der Waals surface area contributed by atoms with Crippen molar-refractivity contribution in [1.29, 1.82) is 0 Å². The van der Waals surface area contributed by atoms with Crippen molar-refractivity contribution in [1.82, 2.24) is 0 Å². The molecule has 1 aliphatic heterocycles. The monoisotopic (exact) mass is 277 g/mol. The molecule has 0 bridgehead atoms. The molecule has 1 unspecified atom stereocenters. The van der Waals surface area contributed by atoms with Crippen LogP contribution < -0.4 is 4.74 Å². The van der Waals surface area contributed by atoms with E-state index in [1.54, 1.807) is 6.07 Å². The maximum atomic E-state index is 11.0. The second-order valence-electron chi connectivity index (χ2n) is 5.49. The normalized spacial score (nSPS) is 24.5. The molecule has 20 heavy (non-hydrogen) atoms. The van der Waals surface area contributed by atoms with Crippen LogP contribution in [0.5, 0.6) is 5.75 Å². The van der Waals surface area contributed by atoms with Crippen molar-refractivity contribution in [3.8, 4) is 5.75 Å². The van der Waals surface area contributed by atoms with Gasteiger partial charge >= 0.3 is 0 Å². The maximum absolute atomic E-state index is 11.0. The van der Waals surface area contributed by atoms with Crippen LogP contribution in [0.25, 0.3) is 0 Å². The van der Waals surface area contributed by atoms with E-state index < -0.39 is 12.2 Å². The number of hydrogen-bond acceptors (Lipinski definition) is 4. The van der Waals surface area contributed by atoms with Gasteiger partial charge in [0.05, 0.1) is 11.8 Å². The number of aliphatic hydroxyl groups is 1. The average Bonchev–Trinajstić information content (AvgIpc) is 2.33. The summed E-state index contributed by atoms with van der Waals surface area (Å²) in [5.41, 5.74) is 2.82. The summed E-state index contributed by atoms with van der Waals surface area (Å²) in [6.07, 6.45) is 0.800. The van der Waals surface area contributed by atoms with Crippen LogP contribution in [0.4, 0.5) is 0 Å². The van der Waals surface area contributed by atoms with E-state index in [2.05, 4.69) is 0 Å². The largest absolute Gasteiger partial charge is 0.464 e. The molecule has 2 rings (SSSR count). The molecule has 1 N–H and O–H groups in total. The van der Waals surface area contributed by atoms with E-state index in [4.69, 9.17) is 4.74 Å². The molecule has 0 saturated carbocycles. The van der Waals surface area contributed by atoms with Crippen LogP contribution >= 0.6 is 0 Å². The standard InChI is InChI=1S/C15H19NO4/c1-9(2)6-12-13(8-16(18)19)11-7-10(3)4-5-14(11)20-15(12)17/h4-7,12-13,15,17H,8H2,1-3H3/t12-,13-,15?/m0/s1. The Hall–Kier alpha value is -1.88. The van der Waals surface area contributed by atoms with E-state index in [0.29, 0.717) is 5.75 Å². The fourth-order valence-corrected chi connectivity index (χ4v) is 2.64. The van der Waals surface area contributed by atoms with Crippen LogP contribution in [-0.2, 0) is 0 Å². The topological polar surface area (TPSA) is 72.6 Å². The smallest absolute Gasteiger partial charge is 0.211 e. The Labute approximate surface area is 118 Å². The summed E-state index contributed by atoms with van der Waals surface area (Å²) in [5, 5.41) is 21.1. The van der Waals surface area contributed by atoms with Gasteiger partial charge in [0.2, 0.25) is 12.8 Å². The Morgan fingerprint density at radius 3 is 2.80 bits per heavy atom. The summed E-state index contributed by atoms with van der Waals surface area (Å²) in [6.45, 7) is 5.53. The first-order valence-corrected chi connectivity index (χ1v) is 6.60. The minimum atomic E-state index is -1.05. The highest BCUT2D eigenvalue weighted by Gasteiger charge is 2.39. The Morgan fingerprint density at radius 2 is 2.20 bits per heavy atom. The second kappa shape index (κ2) is 5.63. The van der Waals surface area contributed by atoms with Crippen molar-refractivity contribution >= 4 is 0 Å². The first-order valence-electron chi connectivity index (χ1n) is 6.60. The minimum absolute atomic E-state index is 0.217. The van der Waals surface area contributed by atoms with Crippen molar-refractivity contribution in [2.45, 2.75) is 33.0 Å². The SMILES string of the molecule is CC(C)=C[C@@H]1C(O)Oc2ccc(C)cc2[C@@H]1C[N+](=O)[O-]. The second-order valence-corrected chi connectivity index (χ2v) is 5.49. The third kappa shape index (κ3) is 2.99. The lowest BCUT2D eigenvalue weighted by Gasteiger charge is -2.34. The van der Waals surface area contributed by atoms with E-state index in [-0.39, 0.29) is 17.4 Å². The first kappa shape index (κ1) is 14.5. The van der Waals surface area contributed by atoms with E-state index >= 15 is 0 Å². The number of aryl methyl sites for hydroxylation is 1. The molecule has 5 nitrogen and oxygen atoms in total. The van der Waals surface area contributed by atoms with Crippen LogP contribution in [0.3, 0.4) is 0 Å². The van der Waals surface area contributed by atoms with Gasteiger partial charge in [-0.15, -0.1) is 0 Å². The Balaban J connectivity index is 2.49. The maximum Gasteiger partial charge on any atom is 0.211 e. The molecule has 0 amide bonds. The first-order chi connectivity index (χ1) is 9.38. The number of nitro groups is 1. The molecule has 0 aliphatic carbocycles. The summed E-state index contributed by atoms with van der Waals surface area (Å²) in [7, 11) is 0. The molecular weight excluding hydrogens is 258 g/mol. The lowest BCUT2D eigenvalue weighted by Crippen LogP contribution is -2.37. The van der Waals surface area contributed by atoms with Gasteiger partial charge in [-0.3, -0.25) is 10.1 Å². The van der Waals surface area contributed by atoms with Crippen molar-refractivity contribution in [2.24, 2.45) is 5.92 Å². The highest BCUT2D eigenvalue weighted by atomic mass is 16.6. The number of rotatable bonds is 3. The zero-order valence-corrected chi connectivity index (χ0v) is 11.9. The third-order valence-corrected chi connectivity index (χ3v) is 3.48. The summed E-state index contributed by atoms with van der Waals surface area (Å²) >= 11 is 0. The number of hydrogen-bond donors (Lipinski definition) is 1. The van der Waals surface area contributed by atoms with E-state index in [9.17, 15) is 15.2 Å². The third-order valence-electron chi connectivity index (χ3n) is 3.48. The van der Waals surface area contributed by atoms with Gasteiger partial charge < -0.3 is 9.84 Å². The predicted octanol–water partition coefficient (Wildman–Crippen LogP) is 2.65. The average molecular weight is 277 g/mol. The number of nitrogens with zero attached hydrogens (tertiary/aromatic N) is 1. The zero-order chi connectivity index (χ0) is 14.9. The molecule has 0 radical (unpaired) electrons. The molecule has 0 fully saturated rings. The Morgan fingerprint density at radius 1 is 1.50 bits per heavy atom. The van der Waals surface area contributed by atoms with E-state index in [0.717, 1.165) is 16.7 Å². The molecule has 1 aromatic rings. The Bertz CT molecular complexity index is 549. The zero-order valence-electron chi connectivity index (χ0n) is 11.9. The van der Waals surface area contributed by atoms with Gasteiger partial charge in [0.1, 0.15) is 5.75 Å². The molecule has 1 heterocycles. The molecule has 1 aliphatic rings. The fraction of sp³-hybridized carbons (Fsp3) is 0.467. The summed E-state index contributed by atoms with van der Waals surface area (Å²) in [5.74, 6) is -0.244.